The highest BCUT2D eigenvalue weighted by Gasteiger charge is 2.20. The molecule has 0 N–H and O–H groups in total. The van der Waals surface area contributed by atoms with E-state index < -0.39 is 5.97 Å². The van der Waals surface area contributed by atoms with Crippen molar-refractivity contribution < 1.29 is 28.5 Å². The molecule has 2 aromatic carbocycles. The number of carbonyl (C=O) groups excluding carboxylic acids is 2. The molecule has 1 saturated heterocycles. The third-order valence-corrected chi connectivity index (χ3v) is 4.26. The Balaban J connectivity index is 1.52. The summed E-state index contributed by atoms with van der Waals surface area (Å²) in [5.74, 6) is 0.000851. The normalized spacial score (nSPS) is 19.1. The average Bonchev–Trinajstić information content (AvgIpc) is 2.70. The molecular weight excluding hydrogens is 360 g/mol. The van der Waals surface area contributed by atoms with Crippen LogP contribution in [-0.4, -0.2) is 31.8 Å². The van der Waals surface area contributed by atoms with E-state index in [0.717, 1.165) is 11.1 Å². The van der Waals surface area contributed by atoms with Gasteiger partial charge in [-0.2, -0.15) is 0 Å². The maximum atomic E-state index is 12.2. The number of hydrogen-bond donors (Lipinski definition) is 0. The van der Waals surface area contributed by atoms with Gasteiger partial charge in [-0.1, -0.05) is 31.2 Å². The molecule has 0 amide bonds. The van der Waals surface area contributed by atoms with E-state index in [1.165, 1.54) is 0 Å². The van der Waals surface area contributed by atoms with Crippen LogP contribution in [0.5, 0.6) is 5.75 Å². The number of carbonyl (C=O) groups is 2. The molecule has 1 aliphatic rings. The van der Waals surface area contributed by atoms with Gasteiger partial charge >= 0.3 is 11.9 Å². The van der Waals surface area contributed by atoms with E-state index in [4.69, 9.17) is 18.9 Å². The van der Waals surface area contributed by atoms with Crippen LogP contribution in [0.4, 0.5) is 0 Å². The molecule has 6 nitrogen and oxygen atoms in total. The van der Waals surface area contributed by atoms with Gasteiger partial charge in [-0.25, -0.2) is 4.79 Å². The zero-order chi connectivity index (χ0) is 19.9. The van der Waals surface area contributed by atoms with Gasteiger partial charge in [0, 0.05) is 11.5 Å². The minimum absolute atomic E-state index is 0.142. The predicted molar refractivity (Wildman–Crippen MR) is 102 cm³/mol. The molecule has 0 bridgehead atoms. The Morgan fingerprint density at radius 2 is 1.64 bits per heavy atom. The molecular formula is C22H24O6. The molecule has 0 saturated carbocycles. The second-order valence-corrected chi connectivity index (χ2v) is 6.74. The second kappa shape index (κ2) is 9.48. The largest absolute Gasteiger partial charge is 0.462 e. The summed E-state index contributed by atoms with van der Waals surface area (Å²) in [4.78, 5) is 23.8. The van der Waals surface area contributed by atoms with E-state index in [9.17, 15) is 9.59 Å². The molecule has 148 valence electrons. The van der Waals surface area contributed by atoms with E-state index in [-0.39, 0.29) is 18.7 Å². The van der Waals surface area contributed by atoms with Crippen LogP contribution in [-0.2, 0) is 25.4 Å². The molecule has 1 aliphatic heterocycles. The summed E-state index contributed by atoms with van der Waals surface area (Å²) < 4.78 is 21.6. The van der Waals surface area contributed by atoms with Crippen LogP contribution in [0.1, 0.15) is 41.6 Å². The molecule has 3 rings (SSSR count). The first-order valence-electron chi connectivity index (χ1n) is 9.35. The SMILES string of the molecule is CCOC(=O)c1ccc(OC(=O)Cc2ccc(C3OCC(C)CO3)cc2)cc1. The fourth-order valence-corrected chi connectivity index (χ4v) is 2.79. The molecule has 0 spiro atoms. The zero-order valence-electron chi connectivity index (χ0n) is 16.1. The van der Waals surface area contributed by atoms with Gasteiger partial charge in [0.05, 0.1) is 31.8 Å². The highest BCUT2D eigenvalue weighted by molar-refractivity contribution is 5.89. The summed E-state index contributed by atoms with van der Waals surface area (Å²) in [5.41, 5.74) is 2.18. The van der Waals surface area contributed by atoms with Crippen LogP contribution >= 0.6 is 0 Å². The Morgan fingerprint density at radius 3 is 2.25 bits per heavy atom. The van der Waals surface area contributed by atoms with Gasteiger partial charge < -0.3 is 18.9 Å². The van der Waals surface area contributed by atoms with Crippen molar-refractivity contribution in [3.8, 4) is 5.75 Å². The van der Waals surface area contributed by atoms with Crippen LogP contribution in [0, 0.1) is 5.92 Å². The third kappa shape index (κ3) is 5.41. The van der Waals surface area contributed by atoms with Crippen LogP contribution in [0.3, 0.4) is 0 Å². The van der Waals surface area contributed by atoms with Crippen molar-refractivity contribution in [3.63, 3.8) is 0 Å². The van der Waals surface area contributed by atoms with E-state index >= 15 is 0 Å². The summed E-state index contributed by atoms with van der Waals surface area (Å²) in [6.45, 7) is 5.49. The van der Waals surface area contributed by atoms with Gasteiger partial charge in [0.15, 0.2) is 6.29 Å². The number of hydrogen-bond acceptors (Lipinski definition) is 6. The Hall–Kier alpha value is -2.70. The number of esters is 2. The number of ether oxygens (including phenoxy) is 4. The van der Waals surface area contributed by atoms with Gasteiger partial charge in [-0.15, -0.1) is 0 Å². The molecule has 0 radical (unpaired) electrons. The minimum atomic E-state index is -0.402. The van der Waals surface area contributed by atoms with E-state index in [2.05, 4.69) is 6.92 Å². The molecule has 6 heteroatoms. The van der Waals surface area contributed by atoms with E-state index in [1.54, 1.807) is 31.2 Å². The first kappa shape index (κ1) is 20.0. The fraction of sp³-hybridized carbons (Fsp3) is 0.364. The lowest BCUT2D eigenvalue weighted by atomic mass is 10.1. The number of rotatable bonds is 6. The van der Waals surface area contributed by atoms with Crippen LogP contribution in [0.15, 0.2) is 48.5 Å². The average molecular weight is 384 g/mol. The summed E-state index contributed by atoms with van der Waals surface area (Å²) in [6.07, 6.45) is -0.210. The molecule has 2 aromatic rings. The summed E-state index contributed by atoms with van der Waals surface area (Å²) in [5, 5.41) is 0. The Labute approximate surface area is 164 Å². The lowest BCUT2D eigenvalue weighted by Gasteiger charge is -2.27. The van der Waals surface area contributed by atoms with Crippen molar-refractivity contribution >= 4 is 11.9 Å². The Morgan fingerprint density at radius 1 is 1.00 bits per heavy atom. The van der Waals surface area contributed by atoms with Gasteiger partial charge in [-0.05, 0) is 36.8 Å². The Bertz CT molecular complexity index is 789. The monoisotopic (exact) mass is 384 g/mol. The van der Waals surface area contributed by atoms with Crippen molar-refractivity contribution in [1.29, 1.82) is 0 Å². The minimum Gasteiger partial charge on any atom is -0.462 e. The highest BCUT2D eigenvalue weighted by Crippen LogP contribution is 2.25. The molecule has 0 atom stereocenters. The predicted octanol–water partition coefficient (Wildman–Crippen LogP) is 3.69. The van der Waals surface area contributed by atoms with Crippen molar-refractivity contribution in [2.75, 3.05) is 19.8 Å². The molecule has 0 aromatic heterocycles. The van der Waals surface area contributed by atoms with Crippen molar-refractivity contribution in [3.05, 3.63) is 65.2 Å². The van der Waals surface area contributed by atoms with Crippen molar-refractivity contribution in [2.45, 2.75) is 26.6 Å². The van der Waals surface area contributed by atoms with Crippen LogP contribution in [0.2, 0.25) is 0 Å². The van der Waals surface area contributed by atoms with Crippen molar-refractivity contribution in [2.24, 2.45) is 5.92 Å². The summed E-state index contributed by atoms with van der Waals surface area (Å²) in [6, 6.07) is 13.8. The van der Waals surface area contributed by atoms with Crippen LogP contribution in [0.25, 0.3) is 0 Å². The quantitative estimate of drug-likeness (QED) is 0.559. The maximum Gasteiger partial charge on any atom is 0.338 e. The lowest BCUT2D eigenvalue weighted by molar-refractivity contribution is -0.202. The summed E-state index contributed by atoms with van der Waals surface area (Å²) >= 11 is 0. The molecule has 0 aliphatic carbocycles. The summed E-state index contributed by atoms with van der Waals surface area (Å²) in [7, 11) is 0. The molecule has 1 heterocycles. The smallest absolute Gasteiger partial charge is 0.338 e. The first-order chi connectivity index (χ1) is 13.5. The molecule has 28 heavy (non-hydrogen) atoms. The fourth-order valence-electron chi connectivity index (χ4n) is 2.79. The van der Waals surface area contributed by atoms with E-state index in [0.29, 0.717) is 37.1 Å². The second-order valence-electron chi connectivity index (χ2n) is 6.74. The Kier molecular flexibility index (Phi) is 6.79. The third-order valence-electron chi connectivity index (χ3n) is 4.26. The first-order valence-corrected chi connectivity index (χ1v) is 9.35. The molecule has 1 fully saturated rings. The van der Waals surface area contributed by atoms with Crippen molar-refractivity contribution in [1.82, 2.24) is 0 Å². The maximum absolute atomic E-state index is 12.2. The highest BCUT2D eigenvalue weighted by atomic mass is 16.7. The van der Waals surface area contributed by atoms with Gasteiger partial charge in [0.25, 0.3) is 0 Å². The standard InChI is InChI=1S/C22H24O6/c1-3-25-21(24)17-8-10-19(11-9-17)28-20(23)12-16-4-6-18(7-5-16)22-26-13-15(2)14-27-22/h4-11,15,22H,3,12-14H2,1-2H3. The number of benzene rings is 2. The zero-order valence-corrected chi connectivity index (χ0v) is 16.1. The van der Waals surface area contributed by atoms with Gasteiger partial charge in [-0.3, -0.25) is 4.79 Å². The van der Waals surface area contributed by atoms with Crippen LogP contribution < -0.4 is 4.74 Å². The van der Waals surface area contributed by atoms with Gasteiger partial charge in [0.1, 0.15) is 5.75 Å². The van der Waals surface area contributed by atoms with Gasteiger partial charge in [0.2, 0.25) is 0 Å². The lowest BCUT2D eigenvalue weighted by Crippen LogP contribution is -2.25. The van der Waals surface area contributed by atoms with E-state index in [1.807, 2.05) is 24.3 Å². The molecule has 0 unspecified atom stereocenters. The topological polar surface area (TPSA) is 71.1 Å².